The number of hydrogen-bond acceptors (Lipinski definition) is 4. The van der Waals surface area contributed by atoms with E-state index in [9.17, 15) is 4.79 Å². The molecule has 5 heteroatoms. The van der Waals surface area contributed by atoms with Crippen molar-refractivity contribution in [3.05, 3.63) is 129 Å². The lowest BCUT2D eigenvalue weighted by molar-refractivity contribution is 0.1000. The van der Waals surface area contributed by atoms with Gasteiger partial charge in [0.15, 0.2) is 5.01 Å². The van der Waals surface area contributed by atoms with Crippen LogP contribution in [0.5, 0.6) is 0 Å². The minimum atomic E-state index is -0.500. The van der Waals surface area contributed by atoms with E-state index in [1.807, 2.05) is 24.3 Å². The van der Waals surface area contributed by atoms with Gasteiger partial charge in [0.2, 0.25) is 0 Å². The molecule has 0 atom stereocenters. The topological polar surface area (TPSA) is 56.0 Å². The Labute approximate surface area is 184 Å². The van der Waals surface area contributed by atoms with Crippen LogP contribution in [0.15, 0.2) is 103 Å². The highest BCUT2D eigenvalue weighted by atomic mass is 32.2. The second-order valence-corrected chi connectivity index (χ2v) is 8.81. The summed E-state index contributed by atoms with van der Waals surface area (Å²) >= 11 is 3.02. The van der Waals surface area contributed by atoms with E-state index in [4.69, 9.17) is 5.73 Å². The molecule has 30 heavy (non-hydrogen) atoms. The molecule has 3 aromatic carbocycles. The number of benzene rings is 3. The minimum Gasteiger partial charge on any atom is -0.364 e. The van der Waals surface area contributed by atoms with Gasteiger partial charge in [-0.05, 0) is 28.2 Å². The Kier molecular flexibility index (Phi) is 6.12. The number of carbonyl (C=O) groups is 1. The van der Waals surface area contributed by atoms with Crippen molar-refractivity contribution in [1.82, 2.24) is 4.98 Å². The molecule has 0 saturated carbocycles. The largest absolute Gasteiger partial charge is 0.364 e. The quantitative estimate of drug-likeness (QED) is 0.371. The summed E-state index contributed by atoms with van der Waals surface area (Å²) in [6, 6.07) is 31.5. The maximum atomic E-state index is 11.3. The van der Waals surface area contributed by atoms with Crippen LogP contribution in [0.3, 0.4) is 0 Å². The fourth-order valence-electron chi connectivity index (χ4n) is 3.40. The first-order chi connectivity index (χ1) is 14.7. The van der Waals surface area contributed by atoms with Gasteiger partial charge >= 0.3 is 0 Å². The Morgan fingerprint density at radius 1 is 0.833 bits per heavy atom. The van der Waals surface area contributed by atoms with Crippen molar-refractivity contribution < 1.29 is 4.79 Å². The molecule has 1 aromatic heterocycles. The minimum absolute atomic E-state index is 0.320. The predicted octanol–water partition coefficient (Wildman–Crippen LogP) is 5.94. The van der Waals surface area contributed by atoms with Crippen LogP contribution >= 0.6 is 23.1 Å². The summed E-state index contributed by atoms with van der Waals surface area (Å²) in [6.45, 7) is 0. The van der Waals surface area contributed by atoms with Crippen LogP contribution in [-0.4, -0.2) is 10.9 Å². The van der Waals surface area contributed by atoms with E-state index in [1.165, 1.54) is 28.0 Å². The molecular weight excluding hydrogens is 408 g/mol. The summed E-state index contributed by atoms with van der Waals surface area (Å²) in [4.78, 5) is 16.3. The number of carbonyl (C=O) groups excluding carboxylic acids is 1. The van der Waals surface area contributed by atoms with Gasteiger partial charge in [-0.2, -0.15) is 0 Å². The number of aromatic nitrogens is 1. The zero-order valence-corrected chi connectivity index (χ0v) is 17.8. The van der Waals surface area contributed by atoms with Crippen molar-refractivity contribution >= 4 is 35.1 Å². The zero-order valence-electron chi connectivity index (χ0n) is 16.1. The molecule has 148 valence electrons. The third-order valence-electron chi connectivity index (χ3n) is 4.75. The number of rotatable bonds is 7. The number of thiazole rings is 1. The number of nitrogens with zero attached hydrogens (tertiary/aromatic N) is 1. The molecule has 0 spiro atoms. The summed E-state index contributed by atoms with van der Waals surface area (Å²) in [6.07, 6.45) is 3.66. The molecule has 2 N–H and O–H groups in total. The monoisotopic (exact) mass is 428 g/mol. The van der Waals surface area contributed by atoms with E-state index in [1.54, 1.807) is 18.0 Å². The van der Waals surface area contributed by atoms with Crippen LogP contribution in [-0.2, 0) is 4.75 Å². The number of amides is 1. The molecule has 4 rings (SSSR count). The number of nitrogens with two attached hydrogens (primary N) is 1. The highest BCUT2D eigenvalue weighted by Gasteiger charge is 2.36. The van der Waals surface area contributed by atoms with Gasteiger partial charge < -0.3 is 5.73 Å². The first-order valence-electron chi connectivity index (χ1n) is 9.47. The Morgan fingerprint density at radius 3 is 1.70 bits per heavy atom. The molecule has 0 unspecified atom stereocenters. The second kappa shape index (κ2) is 9.11. The lowest BCUT2D eigenvalue weighted by Crippen LogP contribution is -2.24. The molecule has 3 nitrogen and oxygen atoms in total. The third-order valence-corrected chi connectivity index (χ3v) is 7.06. The van der Waals surface area contributed by atoms with Crippen LogP contribution in [0.1, 0.15) is 31.4 Å². The van der Waals surface area contributed by atoms with Crippen LogP contribution in [0, 0.1) is 0 Å². The fourth-order valence-corrected chi connectivity index (χ4v) is 5.40. The molecule has 0 aliphatic rings. The van der Waals surface area contributed by atoms with Gasteiger partial charge in [-0.25, -0.2) is 4.98 Å². The van der Waals surface area contributed by atoms with Gasteiger partial charge in [0.1, 0.15) is 0 Å². The Balaban J connectivity index is 1.82. The Morgan fingerprint density at radius 2 is 1.30 bits per heavy atom. The zero-order chi connectivity index (χ0) is 20.8. The molecule has 1 heterocycles. The number of thioether (sulfide) groups is 1. The third kappa shape index (κ3) is 4.08. The van der Waals surface area contributed by atoms with Crippen molar-refractivity contribution in [3.63, 3.8) is 0 Å². The molecule has 0 radical (unpaired) electrons. The Hall–Kier alpha value is -3.15. The van der Waals surface area contributed by atoms with E-state index in [0.717, 1.165) is 4.88 Å². The van der Waals surface area contributed by atoms with Crippen molar-refractivity contribution in [1.29, 1.82) is 0 Å². The summed E-state index contributed by atoms with van der Waals surface area (Å²) in [5, 5.41) is 2.39. The standard InChI is InChI=1S/C25H20N2OS2/c26-23(28)24-27-18-22(30-24)16-17-29-25(19-10-4-1-5-11-19,20-12-6-2-7-13-20)21-14-8-3-9-15-21/h1-18H,(H2,26,28). The summed E-state index contributed by atoms with van der Waals surface area (Å²) < 4.78 is -0.419. The average molecular weight is 429 g/mol. The predicted molar refractivity (Wildman–Crippen MR) is 126 cm³/mol. The van der Waals surface area contributed by atoms with E-state index >= 15 is 0 Å². The van der Waals surface area contributed by atoms with E-state index in [-0.39, 0.29) is 0 Å². The second-order valence-electron chi connectivity index (χ2n) is 6.63. The summed E-state index contributed by atoms with van der Waals surface area (Å²) in [5.41, 5.74) is 8.91. The van der Waals surface area contributed by atoms with Crippen molar-refractivity contribution in [2.45, 2.75) is 4.75 Å². The highest BCUT2D eigenvalue weighted by Crippen LogP contribution is 2.49. The molecule has 0 saturated heterocycles. The maximum Gasteiger partial charge on any atom is 0.277 e. The van der Waals surface area contributed by atoms with Crippen molar-refractivity contribution in [3.8, 4) is 0 Å². The number of primary amides is 1. The van der Waals surface area contributed by atoms with Gasteiger partial charge in [0.25, 0.3) is 5.91 Å². The normalized spacial score (nSPS) is 11.6. The Bertz CT molecular complexity index is 1040. The lowest BCUT2D eigenvalue weighted by Gasteiger charge is -2.34. The van der Waals surface area contributed by atoms with Crippen molar-refractivity contribution in [2.24, 2.45) is 5.73 Å². The van der Waals surface area contributed by atoms with E-state index < -0.39 is 10.7 Å². The average Bonchev–Trinajstić information content (AvgIpc) is 3.28. The summed E-state index contributed by atoms with van der Waals surface area (Å²) in [5.74, 6) is -0.500. The lowest BCUT2D eigenvalue weighted by atomic mass is 9.84. The first-order valence-corrected chi connectivity index (χ1v) is 11.2. The molecule has 0 bridgehead atoms. The highest BCUT2D eigenvalue weighted by molar-refractivity contribution is 8.03. The smallest absolute Gasteiger partial charge is 0.277 e. The molecule has 0 aliphatic carbocycles. The van der Waals surface area contributed by atoms with Gasteiger partial charge in [0, 0.05) is 11.1 Å². The number of hydrogen-bond donors (Lipinski definition) is 1. The van der Waals surface area contributed by atoms with Gasteiger partial charge in [-0.1, -0.05) is 91.0 Å². The SMILES string of the molecule is NC(=O)c1ncc(C=CSC(c2ccccc2)(c2ccccc2)c2ccccc2)s1. The molecular formula is C25H20N2OS2. The van der Waals surface area contributed by atoms with Crippen LogP contribution < -0.4 is 5.73 Å². The van der Waals surface area contributed by atoms with Gasteiger partial charge in [-0.3, -0.25) is 4.79 Å². The first kappa shape index (κ1) is 20.1. The van der Waals surface area contributed by atoms with Gasteiger partial charge in [-0.15, -0.1) is 23.1 Å². The van der Waals surface area contributed by atoms with E-state index in [2.05, 4.69) is 83.2 Å². The van der Waals surface area contributed by atoms with Crippen LogP contribution in [0.4, 0.5) is 0 Å². The van der Waals surface area contributed by atoms with Gasteiger partial charge in [0.05, 0.1) is 4.75 Å². The molecule has 0 fully saturated rings. The molecule has 0 aliphatic heterocycles. The van der Waals surface area contributed by atoms with Crippen LogP contribution in [0.2, 0.25) is 0 Å². The molecule has 4 aromatic rings. The van der Waals surface area contributed by atoms with Crippen molar-refractivity contribution in [2.75, 3.05) is 0 Å². The van der Waals surface area contributed by atoms with Crippen LogP contribution in [0.25, 0.3) is 6.08 Å². The van der Waals surface area contributed by atoms with E-state index in [0.29, 0.717) is 5.01 Å². The summed E-state index contributed by atoms with van der Waals surface area (Å²) in [7, 11) is 0. The maximum absolute atomic E-state index is 11.3. The molecule has 1 amide bonds. The fraction of sp³-hybridized carbons (Fsp3) is 0.0400.